The third-order valence-electron chi connectivity index (χ3n) is 3.66. The van der Waals surface area contributed by atoms with E-state index in [0.717, 1.165) is 17.7 Å². The molecule has 0 aromatic heterocycles. The van der Waals surface area contributed by atoms with Crippen LogP contribution in [0, 0.1) is 13.8 Å². The molecule has 3 heteroatoms. The molecule has 0 amide bonds. The molecule has 17 heavy (non-hydrogen) atoms. The first-order chi connectivity index (χ1) is 8.13. The van der Waals surface area contributed by atoms with E-state index in [0.29, 0.717) is 13.2 Å². The molecule has 1 aliphatic rings. The Morgan fingerprint density at radius 2 is 2.00 bits per heavy atom. The lowest BCUT2D eigenvalue weighted by atomic mass is 9.74. The second kappa shape index (κ2) is 4.67. The van der Waals surface area contributed by atoms with Gasteiger partial charge in [-0.15, -0.1) is 0 Å². The van der Waals surface area contributed by atoms with Gasteiger partial charge in [0.2, 0.25) is 0 Å². The topological polar surface area (TPSA) is 38.7 Å². The van der Waals surface area contributed by atoms with E-state index in [4.69, 9.17) is 9.47 Å². The highest BCUT2D eigenvalue weighted by Crippen LogP contribution is 2.39. The van der Waals surface area contributed by atoms with Crippen LogP contribution in [-0.4, -0.2) is 32.0 Å². The number of aryl methyl sites for hydroxylation is 2. The van der Waals surface area contributed by atoms with Gasteiger partial charge in [-0.05, 0) is 43.0 Å². The maximum Gasteiger partial charge on any atom is 0.122 e. The summed E-state index contributed by atoms with van der Waals surface area (Å²) in [4.78, 5) is 0. The molecule has 2 rings (SSSR count). The van der Waals surface area contributed by atoms with Crippen molar-refractivity contribution < 1.29 is 14.6 Å². The SMILES string of the molecule is COc1cc(C)c(C2(CCO)COC2)cc1C. The molecule has 94 valence electrons. The van der Waals surface area contributed by atoms with Crippen LogP contribution in [0.3, 0.4) is 0 Å². The van der Waals surface area contributed by atoms with Gasteiger partial charge in [0.15, 0.2) is 0 Å². The van der Waals surface area contributed by atoms with Gasteiger partial charge in [0, 0.05) is 12.0 Å². The lowest BCUT2D eigenvalue weighted by Gasteiger charge is -2.43. The minimum Gasteiger partial charge on any atom is -0.496 e. The predicted octanol–water partition coefficient (Wildman–Crippen LogP) is 1.96. The molecule has 1 aromatic rings. The Bertz CT molecular complexity index is 408. The lowest BCUT2D eigenvalue weighted by Crippen LogP contribution is -2.47. The van der Waals surface area contributed by atoms with E-state index in [2.05, 4.69) is 19.1 Å². The number of aliphatic hydroxyl groups excluding tert-OH is 1. The molecular formula is C14H20O3. The summed E-state index contributed by atoms with van der Waals surface area (Å²) in [7, 11) is 1.69. The van der Waals surface area contributed by atoms with Crippen molar-refractivity contribution in [1.82, 2.24) is 0 Å². The van der Waals surface area contributed by atoms with Crippen molar-refractivity contribution in [3.8, 4) is 5.75 Å². The molecule has 0 spiro atoms. The summed E-state index contributed by atoms with van der Waals surface area (Å²) in [6, 6.07) is 4.24. The molecule has 0 bridgehead atoms. The number of rotatable bonds is 4. The van der Waals surface area contributed by atoms with Gasteiger partial charge in [-0.25, -0.2) is 0 Å². The second-order valence-corrected chi connectivity index (χ2v) is 4.88. The zero-order valence-corrected chi connectivity index (χ0v) is 10.7. The molecule has 0 saturated carbocycles. The Morgan fingerprint density at radius 1 is 1.29 bits per heavy atom. The van der Waals surface area contributed by atoms with E-state index in [-0.39, 0.29) is 12.0 Å². The Labute approximate surface area is 102 Å². The average Bonchev–Trinajstić information content (AvgIpc) is 2.26. The van der Waals surface area contributed by atoms with E-state index >= 15 is 0 Å². The summed E-state index contributed by atoms with van der Waals surface area (Å²) < 4.78 is 10.7. The normalized spacial score (nSPS) is 17.6. The Morgan fingerprint density at radius 3 is 2.47 bits per heavy atom. The first-order valence-electron chi connectivity index (χ1n) is 5.97. The van der Waals surface area contributed by atoms with Gasteiger partial charge in [-0.2, -0.15) is 0 Å². The summed E-state index contributed by atoms with van der Waals surface area (Å²) in [5.74, 6) is 0.922. The standard InChI is InChI=1S/C14H20O3/c1-10-7-13(16-3)11(2)6-12(10)14(4-5-15)8-17-9-14/h6-7,15H,4-5,8-9H2,1-3H3. The van der Waals surface area contributed by atoms with E-state index in [1.54, 1.807) is 7.11 Å². The van der Waals surface area contributed by atoms with Crippen LogP contribution in [0.15, 0.2) is 12.1 Å². The summed E-state index contributed by atoms with van der Waals surface area (Å²) in [5, 5.41) is 9.21. The number of hydrogen-bond donors (Lipinski definition) is 1. The van der Waals surface area contributed by atoms with Gasteiger partial charge in [0.25, 0.3) is 0 Å². The van der Waals surface area contributed by atoms with Crippen LogP contribution in [0.25, 0.3) is 0 Å². The van der Waals surface area contributed by atoms with Crippen molar-refractivity contribution >= 4 is 0 Å². The fourth-order valence-corrected chi connectivity index (χ4v) is 2.58. The lowest BCUT2D eigenvalue weighted by molar-refractivity contribution is -0.0704. The van der Waals surface area contributed by atoms with Crippen molar-refractivity contribution in [2.24, 2.45) is 0 Å². The van der Waals surface area contributed by atoms with Crippen molar-refractivity contribution in [3.63, 3.8) is 0 Å². The Hall–Kier alpha value is -1.06. The fraction of sp³-hybridized carbons (Fsp3) is 0.571. The number of aliphatic hydroxyl groups is 1. The van der Waals surface area contributed by atoms with Crippen molar-refractivity contribution in [2.45, 2.75) is 25.7 Å². The van der Waals surface area contributed by atoms with Crippen LogP contribution in [-0.2, 0) is 10.2 Å². The highest BCUT2D eigenvalue weighted by atomic mass is 16.5. The first-order valence-corrected chi connectivity index (χ1v) is 5.97. The maximum atomic E-state index is 9.21. The summed E-state index contributed by atoms with van der Waals surface area (Å²) in [5.41, 5.74) is 3.65. The Balaban J connectivity index is 2.41. The van der Waals surface area contributed by atoms with Gasteiger partial charge >= 0.3 is 0 Å². The quantitative estimate of drug-likeness (QED) is 0.868. The Kier molecular flexibility index (Phi) is 3.40. The highest BCUT2D eigenvalue weighted by molar-refractivity contribution is 5.45. The van der Waals surface area contributed by atoms with E-state index < -0.39 is 0 Å². The van der Waals surface area contributed by atoms with Gasteiger partial charge in [-0.1, -0.05) is 6.07 Å². The number of benzene rings is 1. The largest absolute Gasteiger partial charge is 0.496 e. The third kappa shape index (κ3) is 2.05. The van der Waals surface area contributed by atoms with E-state index in [1.165, 1.54) is 11.1 Å². The molecular weight excluding hydrogens is 216 g/mol. The monoisotopic (exact) mass is 236 g/mol. The number of ether oxygens (including phenoxy) is 2. The van der Waals surface area contributed by atoms with Crippen molar-refractivity contribution in [1.29, 1.82) is 0 Å². The summed E-state index contributed by atoms with van der Waals surface area (Å²) in [6.45, 7) is 5.76. The highest BCUT2D eigenvalue weighted by Gasteiger charge is 2.40. The molecule has 3 nitrogen and oxygen atoms in total. The second-order valence-electron chi connectivity index (χ2n) is 4.88. The summed E-state index contributed by atoms with van der Waals surface area (Å²) >= 11 is 0. The molecule has 1 heterocycles. The van der Waals surface area contributed by atoms with Crippen molar-refractivity contribution in [2.75, 3.05) is 26.9 Å². The van der Waals surface area contributed by atoms with Crippen LogP contribution < -0.4 is 4.74 Å². The molecule has 0 atom stereocenters. The van der Waals surface area contributed by atoms with Crippen LogP contribution in [0.1, 0.15) is 23.1 Å². The number of methoxy groups -OCH3 is 1. The van der Waals surface area contributed by atoms with E-state index in [9.17, 15) is 5.11 Å². The predicted molar refractivity (Wildman–Crippen MR) is 66.7 cm³/mol. The van der Waals surface area contributed by atoms with Crippen molar-refractivity contribution in [3.05, 3.63) is 28.8 Å². The first kappa shape index (κ1) is 12.4. The van der Waals surface area contributed by atoms with Gasteiger partial charge in [0.05, 0.1) is 20.3 Å². The molecule has 1 aliphatic heterocycles. The van der Waals surface area contributed by atoms with Gasteiger partial charge in [-0.3, -0.25) is 0 Å². The van der Waals surface area contributed by atoms with Crippen LogP contribution in [0.5, 0.6) is 5.75 Å². The van der Waals surface area contributed by atoms with Crippen LogP contribution in [0.2, 0.25) is 0 Å². The fourth-order valence-electron chi connectivity index (χ4n) is 2.58. The zero-order valence-electron chi connectivity index (χ0n) is 10.7. The molecule has 0 aliphatic carbocycles. The van der Waals surface area contributed by atoms with Crippen LogP contribution >= 0.6 is 0 Å². The maximum absolute atomic E-state index is 9.21. The minimum absolute atomic E-state index is 0.00979. The molecule has 0 unspecified atom stereocenters. The smallest absolute Gasteiger partial charge is 0.122 e. The molecule has 1 N–H and O–H groups in total. The molecule has 1 aromatic carbocycles. The minimum atomic E-state index is 0.00979. The third-order valence-corrected chi connectivity index (χ3v) is 3.66. The summed E-state index contributed by atoms with van der Waals surface area (Å²) in [6.07, 6.45) is 0.764. The van der Waals surface area contributed by atoms with Gasteiger partial charge < -0.3 is 14.6 Å². The molecule has 1 saturated heterocycles. The number of hydrogen-bond acceptors (Lipinski definition) is 3. The molecule has 1 fully saturated rings. The van der Waals surface area contributed by atoms with Crippen LogP contribution in [0.4, 0.5) is 0 Å². The zero-order chi connectivity index (χ0) is 12.5. The average molecular weight is 236 g/mol. The molecule has 0 radical (unpaired) electrons. The van der Waals surface area contributed by atoms with E-state index in [1.807, 2.05) is 6.92 Å². The van der Waals surface area contributed by atoms with Gasteiger partial charge in [0.1, 0.15) is 5.75 Å².